The topological polar surface area (TPSA) is 110 Å². The second-order valence-corrected chi connectivity index (χ2v) is 6.58. The first-order valence-corrected chi connectivity index (χ1v) is 8.60. The second kappa shape index (κ2) is 7.58. The summed E-state index contributed by atoms with van der Waals surface area (Å²) in [6.45, 7) is 0. The molecule has 2 N–H and O–H groups in total. The summed E-state index contributed by atoms with van der Waals surface area (Å²) in [5.41, 5.74) is 1.09. The number of carbonyl (C=O) groups is 2. The van der Waals surface area contributed by atoms with Gasteiger partial charge in [0.1, 0.15) is 5.01 Å². The van der Waals surface area contributed by atoms with E-state index in [-0.39, 0.29) is 11.9 Å². The standard InChI is InChI=1S/C15H14ClN5O3S/c1-24-12(22)4-2-3-11-20-21-15(25-11)18-14(23)8-5-6-10-9(13(8)16)7-17-19-10/h5-7H,2-4H2,1H3,(H,17,19)(H,18,21,23). The monoisotopic (exact) mass is 379 g/mol. The highest BCUT2D eigenvalue weighted by atomic mass is 35.5. The number of rotatable bonds is 6. The Morgan fingerprint density at radius 1 is 1.36 bits per heavy atom. The van der Waals surface area contributed by atoms with E-state index < -0.39 is 0 Å². The van der Waals surface area contributed by atoms with Gasteiger partial charge in [-0.25, -0.2) is 0 Å². The predicted octanol–water partition coefficient (Wildman–Crippen LogP) is 2.82. The van der Waals surface area contributed by atoms with Crippen molar-refractivity contribution in [1.29, 1.82) is 0 Å². The Labute approximate surface area is 151 Å². The van der Waals surface area contributed by atoms with Crippen molar-refractivity contribution < 1.29 is 14.3 Å². The fourth-order valence-electron chi connectivity index (χ4n) is 2.21. The highest BCUT2D eigenvalue weighted by molar-refractivity contribution is 7.15. The molecule has 0 aliphatic rings. The maximum Gasteiger partial charge on any atom is 0.305 e. The number of hydrogen-bond donors (Lipinski definition) is 2. The van der Waals surface area contributed by atoms with Crippen LogP contribution in [0.1, 0.15) is 28.2 Å². The molecule has 0 fully saturated rings. The van der Waals surface area contributed by atoms with E-state index in [4.69, 9.17) is 11.6 Å². The van der Waals surface area contributed by atoms with Crippen LogP contribution in [0.5, 0.6) is 0 Å². The summed E-state index contributed by atoms with van der Waals surface area (Å²) in [5, 5.41) is 19.4. The van der Waals surface area contributed by atoms with E-state index >= 15 is 0 Å². The largest absolute Gasteiger partial charge is 0.469 e. The predicted molar refractivity (Wildman–Crippen MR) is 93.9 cm³/mol. The van der Waals surface area contributed by atoms with Crippen LogP contribution >= 0.6 is 22.9 Å². The maximum atomic E-state index is 12.4. The number of fused-ring (bicyclic) bond motifs is 1. The van der Waals surface area contributed by atoms with Crippen LogP contribution < -0.4 is 5.32 Å². The van der Waals surface area contributed by atoms with Gasteiger partial charge in [0, 0.05) is 18.2 Å². The summed E-state index contributed by atoms with van der Waals surface area (Å²) in [6, 6.07) is 3.36. The molecule has 0 radical (unpaired) electrons. The van der Waals surface area contributed by atoms with E-state index in [9.17, 15) is 9.59 Å². The molecule has 8 nitrogen and oxygen atoms in total. The van der Waals surface area contributed by atoms with Gasteiger partial charge in [0.05, 0.1) is 29.4 Å². The number of nitrogens with zero attached hydrogens (tertiary/aromatic N) is 3. The van der Waals surface area contributed by atoms with Crippen molar-refractivity contribution in [2.75, 3.05) is 12.4 Å². The SMILES string of the molecule is COC(=O)CCCc1nnc(NC(=O)c2ccc3[nH]ncc3c2Cl)s1. The van der Waals surface area contributed by atoms with E-state index in [0.29, 0.717) is 40.4 Å². The Morgan fingerprint density at radius 3 is 3.00 bits per heavy atom. The third-order valence-electron chi connectivity index (χ3n) is 3.49. The first-order chi connectivity index (χ1) is 12.1. The minimum atomic E-state index is -0.370. The van der Waals surface area contributed by atoms with Gasteiger partial charge in [0.2, 0.25) is 5.13 Å². The van der Waals surface area contributed by atoms with Gasteiger partial charge in [0.15, 0.2) is 0 Å². The normalized spacial score (nSPS) is 10.8. The zero-order valence-corrected chi connectivity index (χ0v) is 14.8. The quantitative estimate of drug-likeness (QED) is 0.637. The van der Waals surface area contributed by atoms with E-state index in [1.165, 1.54) is 18.4 Å². The van der Waals surface area contributed by atoms with Crippen LogP contribution in [0.25, 0.3) is 10.9 Å². The smallest absolute Gasteiger partial charge is 0.305 e. The van der Waals surface area contributed by atoms with Crippen molar-refractivity contribution in [3.05, 3.63) is 33.9 Å². The molecule has 1 aromatic carbocycles. The molecule has 10 heteroatoms. The minimum Gasteiger partial charge on any atom is -0.469 e. The van der Waals surface area contributed by atoms with Crippen LogP contribution in [-0.4, -0.2) is 39.4 Å². The third kappa shape index (κ3) is 3.94. The molecule has 130 valence electrons. The van der Waals surface area contributed by atoms with Gasteiger partial charge in [0.25, 0.3) is 5.91 Å². The number of aromatic nitrogens is 4. The van der Waals surface area contributed by atoms with Gasteiger partial charge in [-0.3, -0.25) is 20.0 Å². The Kier molecular flexibility index (Phi) is 5.25. The Morgan fingerprint density at radius 2 is 2.20 bits per heavy atom. The molecule has 1 amide bonds. The number of H-pyrrole nitrogens is 1. The number of aromatic amines is 1. The van der Waals surface area contributed by atoms with E-state index in [2.05, 4.69) is 30.4 Å². The lowest BCUT2D eigenvalue weighted by atomic mass is 10.1. The molecule has 0 aliphatic carbocycles. The lowest BCUT2D eigenvalue weighted by molar-refractivity contribution is -0.140. The Balaban J connectivity index is 1.64. The first kappa shape index (κ1) is 17.3. The first-order valence-electron chi connectivity index (χ1n) is 7.40. The summed E-state index contributed by atoms with van der Waals surface area (Å²) in [4.78, 5) is 23.5. The van der Waals surface area contributed by atoms with Crippen molar-refractivity contribution in [2.24, 2.45) is 0 Å². The maximum absolute atomic E-state index is 12.4. The molecule has 3 rings (SSSR count). The van der Waals surface area contributed by atoms with Crippen LogP contribution in [0, 0.1) is 0 Å². The molecule has 2 aromatic heterocycles. The van der Waals surface area contributed by atoms with Crippen LogP contribution in [-0.2, 0) is 16.0 Å². The van der Waals surface area contributed by atoms with Crippen molar-refractivity contribution in [2.45, 2.75) is 19.3 Å². The van der Waals surface area contributed by atoms with Crippen molar-refractivity contribution in [3.8, 4) is 0 Å². The molecule has 2 heterocycles. The highest BCUT2D eigenvalue weighted by Crippen LogP contribution is 2.27. The Bertz CT molecular complexity index is 923. The number of anilines is 1. The van der Waals surface area contributed by atoms with Crippen LogP contribution in [0.3, 0.4) is 0 Å². The lowest BCUT2D eigenvalue weighted by Gasteiger charge is -2.04. The fraction of sp³-hybridized carbons (Fsp3) is 0.267. The van der Waals surface area contributed by atoms with E-state index in [0.717, 1.165) is 10.5 Å². The molecule has 0 unspecified atom stereocenters. The summed E-state index contributed by atoms with van der Waals surface area (Å²) in [7, 11) is 1.35. The number of amides is 1. The van der Waals surface area contributed by atoms with Crippen molar-refractivity contribution >= 4 is 50.8 Å². The molecule has 0 bridgehead atoms. The summed E-state index contributed by atoms with van der Waals surface area (Å²) >= 11 is 7.52. The molecule has 0 aliphatic heterocycles. The third-order valence-corrected chi connectivity index (χ3v) is 4.80. The van der Waals surface area contributed by atoms with Gasteiger partial charge >= 0.3 is 5.97 Å². The number of ether oxygens (including phenoxy) is 1. The van der Waals surface area contributed by atoms with Crippen molar-refractivity contribution in [1.82, 2.24) is 20.4 Å². The average Bonchev–Trinajstić information content (AvgIpc) is 3.24. The highest BCUT2D eigenvalue weighted by Gasteiger charge is 2.16. The van der Waals surface area contributed by atoms with Gasteiger partial charge in [-0.05, 0) is 18.6 Å². The average molecular weight is 380 g/mol. The zero-order valence-electron chi connectivity index (χ0n) is 13.2. The molecular formula is C15H14ClN5O3S. The molecular weight excluding hydrogens is 366 g/mol. The summed E-state index contributed by atoms with van der Waals surface area (Å²) in [6.07, 6.45) is 3.08. The summed E-state index contributed by atoms with van der Waals surface area (Å²) < 4.78 is 4.58. The minimum absolute atomic E-state index is 0.262. The second-order valence-electron chi connectivity index (χ2n) is 5.14. The number of benzene rings is 1. The Hall–Kier alpha value is -2.52. The number of halogens is 1. The number of methoxy groups -OCH3 is 1. The van der Waals surface area contributed by atoms with Gasteiger partial charge in [-0.1, -0.05) is 22.9 Å². The summed E-state index contributed by atoms with van der Waals surface area (Å²) in [5.74, 6) is -0.632. The molecule has 0 saturated heterocycles. The number of nitrogens with one attached hydrogen (secondary N) is 2. The lowest BCUT2D eigenvalue weighted by Crippen LogP contribution is -2.12. The van der Waals surface area contributed by atoms with Gasteiger partial charge in [-0.15, -0.1) is 10.2 Å². The van der Waals surface area contributed by atoms with E-state index in [1.807, 2.05) is 0 Å². The van der Waals surface area contributed by atoms with Gasteiger partial charge in [-0.2, -0.15) is 5.10 Å². The van der Waals surface area contributed by atoms with Crippen LogP contribution in [0.2, 0.25) is 5.02 Å². The van der Waals surface area contributed by atoms with Crippen LogP contribution in [0.4, 0.5) is 5.13 Å². The molecule has 0 spiro atoms. The number of carbonyl (C=O) groups excluding carboxylic acids is 2. The fourth-order valence-corrected chi connectivity index (χ4v) is 3.29. The number of hydrogen-bond acceptors (Lipinski definition) is 7. The number of aryl methyl sites for hydroxylation is 1. The number of esters is 1. The zero-order chi connectivity index (χ0) is 17.8. The van der Waals surface area contributed by atoms with E-state index in [1.54, 1.807) is 18.3 Å². The molecule has 25 heavy (non-hydrogen) atoms. The van der Waals surface area contributed by atoms with Crippen molar-refractivity contribution in [3.63, 3.8) is 0 Å². The van der Waals surface area contributed by atoms with Gasteiger partial charge < -0.3 is 4.74 Å². The molecule has 0 atom stereocenters. The molecule has 3 aromatic rings. The van der Waals surface area contributed by atoms with Crippen LogP contribution in [0.15, 0.2) is 18.3 Å². The molecule has 0 saturated carbocycles.